The second-order valence-corrected chi connectivity index (χ2v) is 6.57. The lowest BCUT2D eigenvalue weighted by atomic mass is 10.2. The molecule has 1 amide bonds. The highest BCUT2D eigenvalue weighted by atomic mass is 35.5. The van der Waals surface area contributed by atoms with Gasteiger partial charge in [-0.25, -0.2) is 4.79 Å². The predicted molar refractivity (Wildman–Crippen MR) is 105 cm³/mol. The van der Waals surface area contributed by atoms with Crippen LogP contribution >= 0.6 is 11.6 Å². The number of anilines is 1. The van der Waals surface area contributed by atoms with Gasteiger partial charge in [0.05, 0.1) is 22.5 Å². The monoisotopic (exact) mass is 413 g/mol. The van der Waals surface area contributed by atoms with Gasteiger partial charge in [0.2, 0.25) is 0 Å². The maximum absolute atomic E-state index is 12.2. The van der Waals surface area contributed by atoms with Crippen LogP contribution in [0.5, 0.6) is 0 Å². The number of carbonyl (C=O) groups excluding carboxylic acids is 2. The highest BCUT2D eigenvalue weighted by molar-refractivity contribution is 6.32. The first-order valence-corrected chi connectivity index (χ1v) is 9.05. The summed E-state index contributed by atoms with van der Waals surface area (Å²) in [6, 6.07) is 13.2. The molecule has 8 nitrogen and oxygen atoms in total. The van der Waals surface area contributed by atoms with Crippen LogP contribution in [0.2, 0.25) is 5.02 Å². The smallest absolute Gasteiger partial charge is 0.419 e. The number of para-hydroxylation sites is 2. The average molecular weight is 414 g/mol. The van der Waals surface area contributed by atoms with Gasteiger partial charge in [0.1, 0.15) is 6.07 Å². The van der Waals surface area contributed by atoms with Gasteiger partial charge in [-0.1, -0.05) is 23.7 Å². The van der Waals surface area contributed by atoms with Crippen molar-refractivity contribution in [3.8, 4) is 6.07 Å². The van der Waals surface area contributed by atoms with Gasteiger partial charge in [-0.15, -0.1) is 0 Å². The number of amides is 1. The fraction of sp³-hybridized carbons (Fsp3) is 0.200. The molecular weight excluding hydrogens is 398 g/mol. The van der Waals surface area contributed by atoms with Gasteiger partial charge in [0.15, 0.2) is 11.7 Å². The van der Waals surface area contributed by atoms with E-state index in [0.717, 1.165) is 0 Å². The number of halogens is 1. The topological polar surface area (TPSA) is 114 Å². The van der Waals surface area contributed by atoms with Crippen molar-refractivity contribution in [1.82, 2.24) is 4.57 Å². The average Bonchev–Trinajstić information content (AvgIpc) is 3.01. The van der Waals surface area contributed by atoms with Crippen LogP contribution in [0.25, 0.3) is 11.1 Å². The third-order valence-electron chi connectivity index (χ3n) is 4.15. The van der Waals surface area contributed by atoms with E-state index < -0.39 is 23.7 Å². The second-order valence-electron chi connectivity index (χ2n) is 6.17. The molecule has 0 aliphatic heterocycles. The highest BCUT2D eigenvalue weighted by Gasteiger charge is 2.19. The Labute approximate surface area is 170 Å². The molecule has 1 atom stereocenters. The van der Waals surface area contributed by atoms with Gasteiger partial charge in [-0.05, 0) is 37.3 Å². The molecule has 1 aromatic heterocycles. The standard InChI is InChI=1S/C20H16ClN3O5/c1-12(19(26)23-14-7-6-13(11-22)15(21)10-14)28-18(25)8-9-24-16-4-2-3-5-17(16)29-20(24)27/h2-7,10,12H,8-9H2,1H3,(H,23,26)/t12-/m0/s1. The summed E-state index contributed by atoms with van der Waals surface area (Å²) in [6.45, 7) is 1.49. The quantitative estimate of drug-likeness (QED) is 0.621. The number of fused-ring (bicyclic) bond motifs is 1. The maximum atomic E-state index is 12.2. The summed E-state index contributed by atoms with van der Waals surface area (Å²) in [4.78, 5) is 36.2. The molecule has 3 aromatic rings. The molecule has 0 spiro atoms. The summed E-state index contributed by atoms with van der Waals surface area (Å²) in [7, 11) is 0. The van der Waals surface area contributed by atoms with Crippen LogP contribution in [-0.4, -0.2) is 22.5 Å². The van der Waals surface area contributed by atoms with Crippen LogP contribution in [0.15, 0.2) is 51.7 Å². The molecule has 0 aliphatic carbocycles. The van der Waals surface area contributed by atoms with Crippen LogP contribution in [-0.2, 0) is 20.9 Å². The Kier molecular flexibility index (Phi) is 6.00. The molecule has 0 radical (unpaired) electrons. The number of ether oxygens (including phenoxy) is 1. The Hall–Kier alpha value is -3.57. The lowest BCUT2D eigenvalue weighted by Crippen LogP contribution is -2.30. The molecule has 0 unspecified atom stereocenters. The summed E-state index contributed by atoms with van der Waals surface area (Å²) in [6.07, 6.45) is -1.17. The number of nitrogens with zero attached hydrogens (tertiary/aromatic N) is 2. The molecule has 3 rings (SSSR count). The Bertz CT molecular complexity index is 1170. The number of benzene rings is 2. The zero-order valence-electron chi connectivity index (χ0n) is 15.3. The number of aromatic nitrogens is 1. The number of nitrogens with one attached hydrogen (secondary N) is 1. The van der Waals surface area contributed by atoms with E-state index in [1.54, 1.807) is 24.3 Å². The second kappa shape index (κ2) is 8.63. The fourth-order valence-electron chi connectivity index (χ4n) is 2.67. The van der Waals surface area contributed by atoms with Crippen LogP contribution < -0.4 is 11.1 Å². The number of carbonyl (C=O) groups is 2. The lowest BCUT2D eigenvalue weighted by molar-refractivity contribution is -0.153. The third kappa shape index (κ3) is 4.65. The van der Waals surface area contributed by atoms with Crippen LogP contribution in [0.1, 0.15) is 18.9 Å². The largest absolute Gasteiger partial charge is 0.452 e. The molecule has 1 N–H and O–H groups in total. The van der Waals surface area contributed by atoms with E-state index >= 15 is 0 Å². The van der Waals surface area contributed by atoms with Crippen LogP contribution in [0.4, 0.5) is 5.69 Å². The van der Waals surface area contributed by atoms with Crippen molar-refractivity contribution in [3.05, 3.63) is 63.6 Å². The van der Waals surface area contributed by atoms with Gasteiger partial charge >= 0.3 is 11.7 Å². The molecule has 0 bridgehead atoms. The third-order valence-corrected chi connectivity index (χ3v) is 4.46. The Morgan fingerprint density at radius 1 is 1.31 bits per heavy atom. The number of nitriles is 1. The minimum Gasteiger partial charge on any atom is -0.452 e. The number of oxazole rings is 1. The van der Waals surface area contributed by atoms with E-state index in [-0.39, 0.29) is 23.6 Å². The summed E-state index contributed by atoms with van der Waals surface area (Å²) < 4.78 is 11.6. The molecular formula is C20H16ClN3O5. The summed E-state index contributed by atoms with van der Waals surface area (Å²) in [5.74, 6) is -1.75. The van der Waals surface area contributed by atoms with Crippen molar-refractivity contribution < 1.29 is 18.7 Å². The van der Waals surface area contributed by atoms with Gasteiger partial charge in [-0.3, -0.25) is 14.2 Å². The van der Waals surface area contributed by atoms with Crippen molar-refractivity contribution in [3.63, 3.8) is 0 Å². The van der Waals surface area contributed by atoms with Gasteiger partial charge in [-0.2, -0.15) is 5.26 Å². The summed E-state index contributed by atoms with van der Waals surface area (Å²) in [5, 5.41) is 11.6. The van der Waals surface area contributed by atoms with E-state index in [9.17, 15) is 14.4 Å². The van der Waals surface area contributed by atoms with Crippen LogP contribution in [0, 0.1) is 11.3 Å². The zero-order valence-corrected chi connectivity index (χ0v) is 16.1. The maximum Gasteiger partial charge on any atom is 0.419 e. The lowest BCUT2D eigenvalue weighted by Gasteiger charge is -2.14. The molecule has 0 aliphatic rings. The van der Waals surface area contributed by atoms with E-state index in [1.165, 1.54) is 29.7 Å². The Balaban J connectivity index is 1.56. The predicted octanol–water partition coefficient (Wildman–Crippen LogP) is 3.08. The normalized spacial score (nSPS) is 11.6. The van der Waals surface area contributed by atoms with Crippen LogP contribution in [0.3, 0.4) is 0 Å². The molecule has 148 valence electrons. The van der Waals surface area contributed by atoms with E-state index in [1.807, 2.05) is 6.07 Å². The number of rotatable bonds is 6. The van der Waals surface area contributed by atoms with E-state index in [2.05, 4.69) is 5.32 Å². The SMILES string of the molecule is C[C@H](OC(=O)CCn1c(=O)oc2ccccc21)C(=O)Nc1ccc(C#N)c(Cl)c1. The number of esters is 1. The molecule has 0 saturated heterocycles. The van der Waals surface area contributed by atoms with E-state index in [0.29, 0.717) is 16.8 Å². The zero-order chi connectivity index (χ0) is 21.0. The van der Waals surface area contributed by atoms with Crippen molar-refractivity contribution in [2.45, 2.75) is 26.0 Å². The molecule has 2 aromatic carbocycles. The van der Waals surface area contributed by atoms with Gasteiger partial charge in [0.25, 0.3) is 5.91 Å². The fourth-order valence-corrected chi connectivity index (χ4v) is 2.89. The highest BCUT2D eigenvalue weighted by Crippen LogP contribution is 2.20. The van der Waals surface area contributed by atoms with Gasteiger partial charge in [0, 0.05) is 12.2 Å². The van der Waals surface area contributed by atoms with Crippen molar-refractivity contribution in [1.29, 1.82) is 5.26 Å². The van der Waals surface area contributed by atoms with Gasteiger partial charge < -0.3 is 14.5 Å². The molecule has 1 heterocycles. The summed E-state index contributed by atoms with van der Waals surface area (Å²) >= 11 is 5.93. The molecule has 29 heavy (non-hydrogen) atoms. The summed E-state index contributed by atoms with van der Waals surface area (Å²) in [5.41, 5.74) is 1.66. The number of hydrogen-bond acceptors (Lipinski definition) is 6. The minimum atomic E-state index is -1.06. The number of aryl methyl sites for hydroxylation is 1. The molecule has 9 heteroatoms. The van der Waals surface area contributed by atoms with Crippen molar-refractivity contribution in [2.24, 2.45) is 0 Å². The molecule has 0 saturated carbocycles. The Morgan fingerprint density at radius 3 is 2.79 bits per heavy atom. The Morgan fingerprint density at radius 2 is 2.07 bits per heavy atom. The van der Waals surface area contributed by atoms with E-state index in [4.69, 9.17) is 26.0 Å². The van der Waals surface area contributed by atoms with Crippen molar-refractivity contribution in [2.75, 3.05) is 5.32 Å². The first-order chi connectivity index (χ1) is 13.9. The minimum absolute atomic E-state index is 0.0637. The first kappa shape index (κ1) is 20.2. The van der Waals surface area contributed by atoms with Crippen molar-refractivity contribution >= 4 is 40.3 Å². The first-order valence-electron chi connectivity index (χ1n) is 8.67. The number of hydrogen-bond donors (Lipinski definition) is 1. The molecule has 0 fully saturated rings.